The molecule has 2 fully saturated rings. The van der Waals surface area contributed by atoms with Crippen molar-refractivity contribution in [2.75, 3.05) is 0 Å². The summed E-state index contributed by atoms with van der Waals surface area (Å²) in [6.07, 6.45) is 9.10. The molecule has 0 unspecified atom stereocenters. The molecule has 3 atom stereocenters. The lowest BCUT2D eigenvalue weighted by molar-refractivity contribution is -0.137. The van der Waals surface area contributed by atoms with Crippen LogP contribution in [0, 0.1) is 17.8 Å². The molecule has 3 aliphatic carbocycles. The highest BCUT2D eigenvalue weighted by Gasteiger charge is 2.45. The molecule has 3 aliphatic rings. The maximum atomic E-state index is 11.2. The van der Waals surface area contributed by atoms with E-state index >= 15 is 0 Å². The van der Waals surface area contributed by atoms with Crippen molar-refractivity contribution < 1.29 is 9.53 Å². The molecule has 16 heavy (non-hydrogen) atoms. The molecule has 2 nitrogen and oxygen atoms in total. The number of hydrogen-bond donors (Lipinski definition) is 0. The Labute approximate surface area is 97.1 Å². The number of fused-ring (bicyclic) bond motifs is 2. The Morgan fingerprint density at radius 3 is 2.88 bits per heavy atom. The van der Waals surface area contributed by atoms with E-state index in [1.165, 1.54) is 57.4 Å². The summed E-state index contributed by atoms with van der Waals surface area (Å²) >= 11 is 0. The van der Waals surface area contributed by atoms with Gasteiger partial charge in [-0.3, -0.25) is 4.79 Å². The summed E-state index contributed by atoms with van der Waals surface area (Å²) in [6.45, 7) is 1.54. The van der Waals surface area contributed by atoms with E-state index in [2.05, 4.69) is 0 Å². The third-order valence-electron chi connectivity index (χ3n) is 4.45. The van der Waals surface area contributed by atoms with E-state index < -0.39 is 0 Å². The van der Waals surface area contributed by atoms with Gasteiger partial charge in [0.05, 0.1) is 0 Å². The van der Waals surface area contributed by atoms with Crippen LogP contribution in [0.4, 0.5) is 0 Å². The van der Waals surface area contributed by atoms with Crippen molar-refractivity contribution in [1.29, 1.82) is 0 Å². The monoisotopic (exact) mass is 220 g/mol. The summed E-state index contributed by atoms with van der Waals surface area (Å²) in [5.41, 5.74) is 1.50. The van der Waals surface area contributed by atoms with Crippen molar-refractivity contribution in [1.82, 2.24) is 0 Å². The molecule has 88 valence electrons. The van der Waals surface area contributed by atoms with Crippen molar-refractivity contribution in [3.63, 3.8) is 0 Å². The van der Waals surface area contributed by atoms with E-state index in [-0.39, 0.29) is 5.97 Å². The molecule has 0 heterocycles. The summed E-state index contributed by atoms with van der Waals surface area (Å²) in [6, 6.07) is 0. The van der Waals surface area contributed by atoms with Crippen LogP contribution in [0.25, 0.3) is 0 Å². The number of carbonyl (C=O) groups excluding carboxylic acids is 1. The molecule has 0 radical (unpaired) electrons. The van der Waals surface area contributed by atoms with Crippen LogP contribution in [0.2, 0.25) is 0 Å². The van der Waals surface area contributed by atoms with Crippen molar-refractivity contribution in [3.8, 4) is 0 Å². The van der Waals surface area contributed by atoms with Crippen LogP contribution < -0.4 is 0 Å². The lowest BCUT2D eigenvalue weighted by Crippen LogP contribution is -2.11. The lowest BCUT2D eigenvalue weighted by atomic mass is 9.90. The van der Waals surface area contributed by atoms with Crippen LogP contribution in [0.3, 0.4) is 0 Å². The molecule has 0 spiro atoms. The number of ether oxygens (including phenoxy) is 1. The van der Waals surface area contributed by atoms with Crippen LogP contribution >= 0.6 is 0 Å². The number of rotatable bonds is 1. The normalized spacial score (nSPS) is 41.7. The van der Waals surface area contributed by atoms with Crippen LogP contribution in [-0.2, 0) is 9.53 Å². The second-order valence-electron chi connectivity index (χ2n) is 5.61. The van der Waals surface area contributed by atoms with Crippen LogP contribution in [0.5, 0.6) is 0 Å². The second kappa shape index (κ2) is 3.90. The van der Waals surface area contributed by atoms with Crippen molar-refractivity contribution >= 4 is 5.97 Å². The van der Waals surface area contributed by atoms with Crippen LogP contribution in [0.15, 0.2) is 11.3 Å². The summed E-state index contributed by atoms with van der Waals surface area (Å²) < 4.78 is 5.54. The molecule has 0 aliphatic heterocycles. The molecule has 2 saturated carbocycles. The van der Waals surface area contributed by atoms with Gasteiger partial charge in [-0.05, 0) is 55.9 Å². The average molecular weight is 220 g/mol. The fourth-order valence-corrected chi connectivity index (χ4v) is 3.61. The first-order valence-corrected chi connectivity index (χ1v) is 6.67. The van der Waals surface area contributed by atoms with Gasteiger partial charge in [0.2, 0.25) is 0 Å². The zero-order valence-corrected chi connectivity index (χ0v) is 10.00. The van der Waals surface area contributed by atoms with Crippen molar-refractivity contribution in [3.05, 3.63) is 11.3 Å². The molecule has 0 aromatic heterocycles. The maximum Gasteiger partial charge on any atom is 0.307 e. The first kappa shape index (κ1) is 10.4. The van der Waals surface area contributed by atoms with Crippen LogP contribution in [0.1, 0.15) is 51.9 Å². The minimum absolute atomic E-state index is 0.126. The van der Waals surface area contributed by atoms with Gasteiger partial charge in [-0.1, -0.05) is 6.42 Å². The number of esters is 1. The number of allylic oxidation sites excluding steroid dienone is 2. The predicted molar refractivity (Wildman–Crippen MR) is 61.6 cm³/mol. The molecule has 0 saturated heterocycles. The Balaban J connectivity index is 1.91. The summed E-state index contributed by atoms with van der Waals surface area (Å²) in [5, 5.41) is 0. The van der Waals surface area contributed by atoms with E-state index in [9.17, 15) is 4.79 Å². The van der Waals surface area contributed by atoms with Crippen LogP contribution in [-0.4, -0.2) is 5.97 Å². The Morgan fingerprint density at radius 2 is 2.06 bits per heavy atom. The molecular formula is C14H20O2. The Bertz CT molecular complexity index is 343. The summed E-state index contributed by atoms with van der Waals surface area (Å²) in [5.74, 6) is 3.12. The highest BCUT2D eigenvalue weighted by atomic mass is 16.5. The fraction of sp³-hybridized carbons (Fsp3) is 0.786. The Hall–Kier alpha value is -0.790. The molecule has 2 heteroatoms. The fourth-order valence-electron chi connectivity index (χ4n) is 3.61. The van der Waals surface area contributed by atoms with Gasteiger partial charge in [0.25, 0.3) is 0 Å². The van der Waals surface area contributed by atoms with E-state index in [0.29, 0.717) is 5.92 Å². The molecule has 0 aromatic rings. The molecule has 0 aromatic carbocycles. The Morgan fingerprint density at radius 1 is 1.25 bits per heavy atom. The predicted octanol–water partition coefficient (Wildman–Crippen LogP) is 3.42. The highest BCUT2D eigenvalue weighted by molar-refractivity contribution is 5.67. The minimum Gasteiger partial charge on any atom is -0.431 e. The number of hydrogen-bond acceptors (Lipinski definition) is 2. The molecule has 0 bridgehead atoms. The summed E-state index contributed by atoms with van der Waals surface area (Å²) in [7, 11) is 0. The second-order valence-corrected chi connectivity index (χ2v) is 5.61. The largest absolute Gasteiger partial charge is 0.431 e. The van der Waals surface area contributed by atoms with Gasteiger partial charge in [0, 0.05) is 12.8 Å². The third-order valence-corrected chi connectivity index (χ3v) is 4.45. The van der Waals surface area contributed by atoms with Gasteiger partial charge in [-0.15, -0.1) is 0 Å². The zero-order valence-electron chi connectivity index (χ0n) is 10.00. The number of carbonyl (C=O) groups is 1. The van der Waals surface area contributed by atoms with Crippen molar-refractivity contribution in [2.24, 2.45) is 17.8 Å². The summed E-state index contributed by atoms with van der Waals surface area (Å²) in [4.78, 5) is 11.2. The SMILES string of the molecule is CC(=O)O/C1=C2\CCC[C@H]2CCC[C@H]2C[C@@H]12. The third kappa shape index (κ3) is 1.79. The standard InChI is InChI=1S/C14H20O2/c1-9(15)16-14-12-7-3-5-10(12)4-2-6-11-8-13(11)14/h10-11,13H,2-8H2,1H3/b14-12+/t10-,11+,13-/m1/s1. The highest BCUT2D eigenvalue weighted by Crippen LogP contribution is 2.53. The zero-order chi connectivity index (χ0) is 11.1. The smallest absolute Gasteiger partial charge is 0.307 e. The van der Waals surface area contributed by atoms with Crippen molar-refractivity contribution in [2.45, 2.75) is 51.9 Å². The van der Waals surface area contributed by atoms with E-state index in [0.717, 1.165) is 17.6 Å². The lowest BCUT2D eigenvalue weighted by Gasteiger charge is -2.19. The maximum absolute atomic E-state index is 11.2. The van der Waals surface area contributed by atoms with E-state index in [1.54, 1.807) is 0 Å². The van der Waals surface area contributed by atoms with Gasteiger partial charge in [-0.2, -0.15) is 0 Å². The van der Waals surface area contributed by atoms with Gasteiger partial charge in [0.1, 0.15) is 5.76 Å². The topological polar surface area (TPSA) is 26.3 Å². The molecular weight excluding hydrogens is 200 g/mol. The first-order chi connectivity index (χ1) is 7.75. The quantitative estimate of drug-likeness (QED) is 0.633. The average Bonchev–Trinajstić information content (AvgIpc) is 2.81. The molecule has 0 amide bonds. The Kier molecular flexibility index (Phi) is 2.53. The van der Waals surface area contributed by atoms with E-state index in [1.807, 2.05) is 0 Å². The molecule has 3 rings (SSSR count). The van der Waals surface area contributed by atoms with Gasteiger partial charge >= 0.3 is 5.97 Å². The van der Waals surface area contributed by atoms with Gasteiger partial charge < -0.3 is 4.74 Å². The molecule has 0 N–H and O–H groups in total. The van der Waals surface area contributed by atoms with Gasteiger partial charge in [0.15, 0.2) is 0 Å². The first-order valence-electron chi connectivity index (χ1n) is 6.67. The van der Waals surface area contributed by atoms with Gasteiger partial charge in [-0.25, -0.2) is 0 Å². The minimum atomic E-state index is -0.126. The van der Waals surface area contributed by atoms with E-state index in [4.69, 9.17) is 4.74 Å².